The second kappa shape index (κ2) is 10.5. The number of nitrogens with one attached hydrogen (secondary N) is 1. The highest BCUT2D eigenvalue weighted by molar-refractivity contribution is 6.11. The monoisotopic (exact) mass is 509 g/mol. The summed E-state index contributed by atoms with van der Waals surface area (Å²) < 4.78 is 21.9. The largest absolute Gasteiger partial charge is 0.486 e. The number of nitrogens with zero attached hydrogens (tertiary/aromatic N) is 2. The normalized spacial score (nSPS) is 11.5. The van der Waals surface area contributed by atoms with Crippen LogP contribution >= 0.6 is 0 Å². The lowest BCUT2D eigenvalue weighted by atomic mass is 9.94. The second-order valence-corrected chi connectivity index (χ2v) is 9.62. The number of aromatic nitrogens is 2. The van der Waals surface area contributed by atoms with Crippen molar-refractivity contribution in [3.63, 3.8) is 0 Å². The summed E-state index contributed by atoms with van der Waals surface area (Å²) in [7, 11) is 0. The van der Waals surface area contributed by atoms with E-state index in [1.807, 2.05) is 53.1 Å². The molecular formula is C31H28FN3O3. The Morgan fingerprint density at radius 2 is 1.74 bits per heavy atom. The lowest BCUT2D eigenvalue weighted by Crippen LogP contribution is -2.19. The molecule has 2 N–H and O–H groups in total. The van der Waals surface area contributed by atoms with Gasteiger partial charge in [-0.1, -0.05) is 54.6 Å². The second-order valence-electron chi connectivity index (χ2n) is 9.62. The first-order valence-corrected chi connectivity index (χ1v) is 12.3. The van der Waals surface area contributed by atoms with E-state index < -0.39 is 5.60 Å². The number of fused-ring (bicyclic) bond motifs is 1. The first-order chi connectivity index (χ1) is 18.3. The number of amides is 1. The van der Waals surface area contributed by atoms with Crippen LogP contribution in [0.3, 0.4) is 0 Å². The SMILES string of the molecule is CC(C)(O)c1cccc2c1c(OCc1ccccc1)c(C(=O)Nc1cccnc1)n2Cc1ccc(F)cc1. The Labute approximate surface area is 220 Å². The summed E-state index contributed by atoms with van der Waals surface area (Å²) in [5, 5.41) is 14.6. The van der Waals surface area contributed by atoms with Gasteiger partial charge in [-0.3, -0.25) is 9.78 Å². The van der Waals surface area contributed by atoms with Crippen LogP contribution in [0.2, 0.25) is 0 Å². The maximum absolute atomic E-state index is 13.9. The van der Waals surface area contributed by atoms with E-state index in [2.05, 4.69) is 10.3 Å². The lowest BCUT2D eigenvalue weighted by Gasteiger charge is -2.20. The minimum Gasteiger partial charge on any atom is -0.486 e. The number of anilines is 1. The third kappa shape index (κ3) is 5.28. The molecule has 6 nitrogen and oxygen atoms in total. The smallest absolute Gasteiger partial charge is 0.276 e. The zero-order valence-corrected chi connectivity index (χ0v) is 21.2. The van der Waals surface area contributed by atoms with Crippen LogP contribution in [0.1, 0.15) is 41.0 Å². The number of carbonyl (C=O) groups is 1. The van der Waals surface area contributed by atoms with Gasteiger partial charge < -0.3 is 19.7 Å². The molecule has 0 aliphatic carbocycles. The van der Waals surface area contributed by atoms with Crippen molar-refractivity contribution in [2.45, 2.75) is 32.6 Å². The van der Waals surface area contributed by atoms with E-state index in [4.69, 9.17) is 4.74 Å². The van der Waals surface area contributed by atoms with E-state index >= 15 is 0 Å². The topological polar surface area (TPSA) is 76.4 Å². The zero-order valence-electron chi connectivity index (χ0n) is 21.2. The van der Waals surface area contributed by atoms with Crippen molar-refractivity contribution in [2.75, 3.05) is 5.32 Å². The number of halogens is 1. The van der Waals surface area contributed by atoms with Gasteiger partial charge in [-0.15, -0.1) is 0 Å². The summed E-state index contributed by atoms with van der Waals surface area (Å²) >= 11 is 0. The Bertz CT molecular complexity index is 1560. The minimum atomic E-state index is -1.20. The Hall–Kier alpha value is -4.49. The van der Waals surface area contributed by atoms with Crippen LogP contribution in [0.4, 0.5) is 10.1 Å². The van der Waals surface area contributed by atoms with Crippen molar-refractivity contribution >= 4 is 22.5 Å². The third-order valence-corrected chi connectivity index (χ3v) is 6.32. The average Bonchev–Trinajstić information content (AvgIpc) is 3.22. The summed E-state index contributed by atoms with van der Waals surface area (Å²) in [6.45, 7) is 3.92. The van der Waals surface area contributed by atoms with E-state index in [0.29, 0.717) is 33.6 Å². The fourth-order valence-electron chi connectivity index (χ4n) is 4.53. The third-order valence-electron chi connectivity index (χ3n) is 6.32. The maximum atomic E-state index is 13.9. The predicted molar refractivity (Wildman–Crippen MR) is 146 cm³/mol. The highest BCUT2D eigenvalue weighted by atomic mass is 19.1. The predicted octanol–water partition coefficient (Wildman–Crippen LogP) is 6.28. The molecule has 5 rings (SSSR count). The summed E-state index contributed by atoms with van der Waals surface area (Å²) in [5.74, 6) is -0.358. The minimum absolute atomic E-state index is 0.226. The van der Waals surface area contributed by atoms with Crippen molar-refractivity contribution < 1.29 is 19.0 Å². The van der Waals surface area contributed by atoms with Crippen molar-refractivity contribution in [2.24, 2.45) is 0 Å². The number of pyridine rings is 1. The van der Waals surface area contributed by atoms with Gasteiger partial charge in [-0.25, -0.2) is 4.39 Å². The molecule has 1 amide bonds. The van der Waals surface area contributed by atoms with Crippen LogP contribution in [-0.4, -0.2) is 20.6 Å². The fraction of sp³-hybridized carbons (Fsp3) is 0.161. The number of hydrogen-bond donors (Lipinski definition) is 2. The number of rotatable bonds is 8. The van der Waals surface area contributed by atoms with Crippen LogP contribution in [0.5, 0.6) is 5.75 Å². The Morgan fingerprint density at radius 1 is 0.974 bits per heavy atom. The molecule has 0 radical (unpaired) electrons. The molecule has 0 atom stereocenters. The molecule has 3 aromatic carbocycles. The molecule has 0 bridgehead atoms. The van der Waals surface area contributed by atoms with Crippen molar-refractivity contribution in [1.29, 1.82) is 0 Å². The molecule has 2 aromatic heterocycles. The zero-order chi connectivity index (χ0) is 26.7. The van der Waals surface area contributed by atoms with Gasteiger partial charge in [-0.05, 0) is 60.9 Å². The molecule has 0 aliphatic rings. The van der Waals surface area contributed by atoms with Gasteiger partial charge in [0.2, 0.25) is 0 Å². The number of hydrogen-bond acceptors (Lipinski definition) is 4. The van der Waals surface area contributed by atoms with Crippen LogP contribution < -0.4 is 10.1 Å². The molecule has 38 heavy (non-hydrogen) atoms. The van der Waals surface area contributed by atoms with Crippen LogP contribution in [0, 0.1) is 5.82 Å². The first-order valence-electron chi connectivity index (χ1n) is 12.3. The molecule has 0 saturated carbocycles. The molecule has 2 heterocycles. The molecule has 7 heteroatoms. The number of benzene rings is 3. The molecule has 192 valence electrons. The van der Waals surface area contributed by atoms with Crippen LogP contribution in [0.25, 0.3) is 10.9 Å². The van der Waals surface area contributed by atoms with Gasteiger partial charge in [0.05, 0.1) is 23.0 Å². The molecule has 0 saturated heterocycles. The quantitative estimate of drug-likeness (QED) is 0.258. The van der Waals surface area contributed by atoms with Crippen molar-refractivity contribution in [1.82, 2.24) is 9.55 Å². The Morgan fingerprint density at radius 3 is 2.42 bits per heavy atom. The van der Waals surface area contributed by atoms with Gasteiger partial charge in [0, 0.05) is 18.1 Å². The van der Waals surface area contributed by atoms with E-state index in [1.165, 1.54) is 12.1 Å². The highest BCUT2D eigenvalue weighted by Gasteiger charge is 2.30. The first kappa shape index (κ1) is 25.2. The van der Waals surface area contributed by atoms with Gasteiger partial charge >= 0.3 is 0 Å². The van der Waals surface area contributed by atoms with Gasteiger partial charge in [-0.2, -0.15) is 0 Å². The average molecular weight is 510 g/mol. The molecule has 0 aliphatic heterocycles. The summed E-state index contributed by atoms with van der Waals surface area (Å²) in [6, 6.07) is 24.9. The van der Waals surface area contributed by atoms with Gasteiger partial charge in [0.15, 0.2) is 11.4 Å². The molecular weight excluding hydrogens is 481 g/mol. The van der Waals surface area contributed by atoms with Gasteiger partial charge in [0.25, 0.3) is 5.91 Å². The van der Waals surface area contributed by atoms with Crippen LogP contribution in [-0.2, 0) is 18.8 Å². The van der Waals surface area contributed by atoms with E-state index in [-0.39, 0.29) is 24.9 Å². The molecule has 0 fully saturated rings. The molecule has 0 spiro atoms. The maximum Gasteiger partial charge on any atom is 0.276 e. The fourth-order valence-corrected chi connectivity index (χ4v) is 4.53. The standard InChI is InChI=1S/C31H28FN3O3/c1-31(2,37)25-11-6-12-26-27(25)29(38-20-22-8-4-3-5-9-22)28(30(36)34-24-10-7-17-33-18-24)35(26)19-21-13-15-23(32)16-14-21/h3-18,37H,19-20H2,1-2H3,(H,34,36). The number of carbonyl (C=O) groups excluding carboxylic acids is 1. The Balaban J connectivity index is 1.72. The molecule has 5 aromatic rings. The molecule has 0 unspecified atom stereocenters. The number of ether oxygens (including phenoxy) is 1. The van der Waals surface area contributed by atoms with E-state index in [1.54, 1.807) is 50.5 Å². The van der Waals surface area contributed by atoms with E-state index in [9.17, 15) is 14.3 Å². The summed E-state index contributed by atoms with van der Waals surface area (Å²) in [6.07, 6.45) is 3.20. The summed E-state index contributed by atoms with van der Waals surface area (Å²) in [5.41, 5.74) is 2.71. The highest BCUT2D eigenvalue weighted by Crippen LogP contribution is 2.41. The Kier molecular flexibility index (Phi) is 6.94. The van der Waals surface area contributed by atoms with Crippen molar-refractivity contribution in [3.05, 3.63) is 126 Å². The number of aliphatic hydroxyl groups is 1. The van der Waals surface area contributed by atoms with Crippen LogP contribution in [0.15, 0.2) is 97.3 Å². The summed E-state index contributed by atoms with van der Waals surface area (Å²) in [4.78, 5) is 18.0. The lowest BCUT2D eigenvalue weighted by molar-refractivity contribution is 0.0799. The van der Waals surface area contributed by atoms with Gasteiger partial charge in [0.1, 0.15) is 12.4 Å². The van der Waals surface area contributed by atoms with E-state index in [0.717, 1.165) is 11.1 Å². The van der Waals surface area contributed by atoms with Crippen molar-refractivity contribution in [3.8, 4) is 5.75 Å².